The van der Waals surface area contributed by atoms with Crippen LogP contribution in [0, 0.1) is 0 Å². The van der Waals surface area contributed by atoms with E-state index in [2.05, 4.69) is 121 Å². The molecule has 0 bridgehead atoms. The van der Waals surface area contributed by atoms with E-state index in [0.717, 1.165) is 21.8 Å². The van der Waals surface area contributed by atoms with Crippen LogP contribution in [0.1, 0.15) is 0 Å². The summed E-state index contributed by atoms with van der Waals surface area (Å²) in [6, 6.07) is 44.3. The summed E-state index contributed by atoms with van der Waals surface area (Å²) in [6.45, 7) is 0. The first-order valence-corrected chi connectivity index (χ1v) is 17.3. The van der Waals surface area contributed by atoms with Gasteiger partial charge in [0.1, 0.15) is 0 Å². The van der Waals surface area contributed by atoms with E-state index in [-0.39, 0.29) is 0 Å². The fraction of sp³-hybridized carbons (Fsp3) is 0. The highest BCUT2D eigenvalue weighted by atomic mass is 32.1. The van der Waals surface area contributed by atoms with Crippen LogP contribution in [-0.2, 0) is 0 Å². The molecule has 0 fully saturated rings. The number of aromatic nitrogens is 2. The number of thiophene rings is 3. The summed E-state index contributed by atoms with van der Waals surface area (Å²) in [7, 11) is 0. The van der Waals surface area contributed by atoms with Gasteiger partial charge >= 0.3 is 0 Å². The van der Waals surface area contributed by atoms with Crippen molar-refractivity contribution in [2.24, 2.45) is 0 Å². The Kier molecular flexibility index (Phi) is 5.52. The third-order valence-corrected chi connectivity index (χ3v) is 12.4. The molecule has 0 atom stereocenters. The molecule has 45 heavy (non-hydrogen) atoms. The van der Waals surface area contributed by atoms with Crippen LogP contribution in [0.15, 0.2) is 134 Å². The van der Waals surface area contributed by atoms with E-state index in [9.17, 15) is 0 Å². The zero-order chi connectivity index (χ0) is 29.5. The van der Waals surface area contributed by atoms with Crippen molar-refractivity contribution in [1.82, 2.24) is 9.97 Å². The van der Waals surface area contributed by atoms with Crippen molar-refractivity contribution in [2.45, 2.75) is 0 Å². The maximum atomic E-state index is 4.76. The van der Waals surface area contributed by atoms with Crippen LogP contribution in [0.2, 0.25) is 0 Å². The summed E-state index contributed by atoms with van der Waals surface area (Å²) < 4.78 is 6.80. The van der Waals surface area contributed by atoms with Gasteiger partial charge in [-0.05, 0) is 80.5 Å². The standard InChI is InChI=1S/C40H22N2S3/c1-2-6-26-18-36-31(16-25(26)5-1)39-40(44-36)32-17-28-14-13-27(15-30(28)20-37(32)45-39)23-9-11-24(12-10-23)33-21-42-34(22-41-33)38-19-29-7-3-4-8-35(29)43-38/h1-22H. The minimum absolute atomic E-state index is 0.880. The van der Waals surface area contributed by atoms with Gasteiger partial charge < -0.3 is 0 Å². The van der Waals surface area contributed by atoms with Crippen LogP contribution in [0.25, 0.3) is 94.2 Å². The van der Waals surface area contributed by atoms with Crippen LogP contribution in [-0.4, -0.2) is 9.97 Å². The number of rotatable bonds is 3. The third-order valence-electron chi connectivity index (χ3n) is 8.75. The van der Waals surface area contributed by atoms with Crippen LogP contribution in [0.4, 0.5) is 0 Å². The minimum Gasteiger partial charge on any atom is -0.252 e. The number of nitrogens with zero attached hydrogens (tertiary/aromatic N) is 2. The Bertz CT molecular complexity index is 2710. The first kappa shape index (κ1) is 25.4. The molecule has 10 aromatic rings. The topological polar surface area (TPSA) is 25.8 Å². The van der Waals surface area contributed by atoms with E-state index in [1.165, 1.54) is 72.3 Å². The zero-order valence-electron chi connectivity index (χ0n) is 23.8. The second-order valence-electron chi connectivity index (χ2n) is 11.5. The Balaban J connectivity index is 0.972. The molecule has 0 unspecified atom stereocenters. The molecule has 0 saturated heterocycles. The summed E-state index contributed by atoms with van der Waals surface area (Å²) >= 11 is 5.60. The molecule has 210 valence electrons. The van der Waals surface area contributed by atoms with Crippen molar-refractivity contribution >= 4 is 95.2 Å². The molecule has 0 N–H and O–H groups in total. The Morgan fingerprint density at radius 3 is 1.67 bits per heavy atom. The van der Waals surface area contributed by atoms with Crippen LogP contribution >= 0.6 is 34.0 Å². The number of hydrogen-bond donors (Lipinski definition) is 0. The van der Waals surface area contributed by atoms with Crippen LogP contribution in [0.3, 0.4) is 0 Å². The van der Waals surface area contributed by atoms with Gasteiger partial charge in [-0.2, -0.15) is 0 Å². The molecule has 0 amide bonds. The van der Waals surface area contributed by atoms with Gasteiger partial charge in [0, 0.05) is 30.4 Å². The molecule has 10 rings (SSSR count). The Hall–Kier alpha value is -4.94. The van der Waals surface area contributed by atoms with E-state index in [1.54, 1.807) is 11.3 Å². The number of fused-ring (bicyclic) bond motifs is 8. The average Bonchev–Trinajstić information content (AvgIpc) is 3.78. The number of benzene rings is 6. The van der Waals surface area contributed by atoms with Gasteiger partial charge in [-0.25, -0.2) is 0 Å². The molecule has 0 aliphatic rings. The van der Waals surface area contributed by atoms with Crippen molar-refractivity contribution in [3.63, 3.8) is 0 Å². The molecule has 4 aromatic heterocycles. The van der Waals surface area contributed by atoms with Gasteiger partial charge in [0.05, 0.1) is 38.1 Å². The molecule has 2 nitrogen and oxygen atoms in total. The molecular formula is C40H22N2S3. The van der Waals surface area contributed by atoms with Gasteiger partial charge in [-0.15, -0.1) is 34.0 Å². The highest BCUT2D eigenvalue weighted by Gasteiger charge is 2.14. The van der Waals surface area contributed by atoms with E-state index in [0.29, 0.717) is 0 Å². The van der Waals surface area contributed by atoms with E-state index >= 15 is 0 Å². The molecular weight excluding hydrogens is 605 g/mol. The maximum Gasteiger partial charge on any atom is 0.0985 e. The molecule has 4 heterocycles. The second kappa shape index (κ2) is 9.78. The third kappa shape index (κ3) is 4.12. The maximum absolute atomic E-state index is 4.76. The van der Waals surface area contributed by atoms with Crippen LogP contribution < -0.4 is 0 Å². The van der Waals surface area contributed by atoms with Crippen molar-refractivity contribution in [3.8, 4) is 33.0 Å². The Morgan fingerprint density at radius 2 is 0.956 bits per heavy atom. The van der Waals surface area contributed by atoms with Gasteiger partial charge in [-0.1, -0.05) is 78.9 Å². The lowest BCUT2D eigenvalue weighted by Crippen LogP contribution is -1.88. The van der Waals surface area contributed by atoms with Crippen molar-refractivity contribution in [1.29, 1.82) is 0 Å². The van der Waals surface area contributed by atoms with Crippen LogP contribution in [0.5, 0.6) is 0 Å². The summed E-state index contributed by atoms with van der Waals surface area (Å²) in [4.78, 5) is 10.7. The van der Waals surface area contributed by atoms with Gasteiger partial charge in [0.25, 0.3) is 0 Å². The molecule has 0 aliphatic heterocycles. The molecule has 0 aliphatic carbocycles. The summed E-state index contributed by atoms with van der Waals surface area (Å²) in [5, 5.41) is 9.15. The molecule has 0 saturated carbocycles. The Morgan fingerprint density at radius 1 is 0.378 bits per heavy atom. The lowest BCUT2D eigenvalue weighted by atomic mass is 9.99. The van der Waals surface area contributed by atoms with Gasteiger partial charge in [-0.3, -0.25) is 9.97 Å². The summed E-state index contributed by atoms with van der Waals surface area (Å²) in [6.07, 6.45) is 3.77. The fourth-order valence-corrected chi connectivity index (χ4v) is 10.1. The molecule has 0 radical (unpaired) electrons. The molecule has 0 spiro atoms. The normalized spacial score (nSPS) is 12.0. The highest BCUT2D eigenvalue weighted by Crippen LogP contribution is 2.46. The zero-order valence-corrected chi connectivity index (χ0v) is 26.3. The summed E-state index contributed by atoms with van der Waals surface area (Å²) in [5.41, 5.74) is 5.27. The second-order valence-corrected chi connectivity index (χ2v) is 14.7. The van der Waals surface area contributed by atoms with Crippen molar-refractivity contribution < 1.29 is 0 Å². The van der Waals surface area contributed by atoms with E-state index < -0.39 is 0 Å². The quantitative estimate of drug-likeness (QED) is 0.195. The Labute approximate surface area is 270 Å². The minimum atomic E-state index is 0.880. The lowest BCUT2D eigenvalue weighted by Gasteiger charge is -2.07. The first-order valence-electron chi connectivity index (χ1n) is 14.9. The van der Waals surface area contributed by atoms with E-state index in [4.69, 9.17) is 9.97 Å². The molecule has 6 aromatic carbocycles. The first-order chi connectivity index (χ1) is 22.2. The average molecular weight is 627 g/mol. The SMILES string of the molecule is c1ccc2cc3c(cc2c1)sc1c2cc4ccc(-c5ccc(-c6cnc(-c7cc8ccccc8s7)cn6)cc5)cc4cc2sc31. The van der Waals surface area contributed by atoms with Gasteiger partial charge in [0.15, 0.2) is 0 Å². The fourth-order valence-electron chi connectivity index (χ4n) is 6.41. The predicted octanol–water partition coefficient (Wildman–Crippen LogP) is 12.6. The monoisotopic (exact) mass is 626 g/mol. The lowest BCUT2D eigenvalue weighted by molar-refractivity contribution is 1.22. The summed E-state index contributed by atoms with van der Waals surface area (Å²) in [5.74, 6) is 0. The smallest absolute Gasteiger partial charge is 0.0985 e. The van der Waals surface area contributed by atoms with Gasteiger partial charge in [0.2, 0.25) is 0 Å². The van der Waals surface area contributed by atoms with Crippen molar-refractivity contribution in [2.75, 3.05) is 0 Å². The highest BCUT2D eigenvalue weighted by molar-refractivity contribution is 7.36. The molecule has 5 heteroatoms. The van der Waals surface area contributed by atoms with E-state index in [1.807, 2.05) is 35.1 Å². The predicted molar refractivity (Wildman–Crippen MR) is 197 cm³/mol. The van der Waals surface area contributed by atoms with Crippen molar-refractivity contribution in [3.05, 3.63) is 134 Å². The largest absolute Gasteiger partial charge is 0.252 e. The number of hydrogen-bond acceptors (Lipinski definition) is 5.